The lowest BCUT2D eigenvalue weighted by Crippen LogP contribution is -2.52. The van der Waals surface area contributed by atoms with E-state index in [0.29, 0.717) is 0 Å². The van der Waals surface area contributed by atoms with Crippen molar-refractivity contribution in [3.05, 3.63) is 93.6 Å². The van der Waals surface area contributed by atoms with E-state index in [1.165, 1.54) is 0 Å². The molecule has 0 bridgehead atoms. The fraction of sp³-hybridized carbons (Fsp3) is 0.324. The summed E-state index contributed by atoms with van der Waals surface area (Å²) in [6.07, 6.45) is 0.632. The smallest absolute Gasteiger partial charge is 0.338 e. The van der Waals surface area contributed by atoms with Gasteiger partial charge in [-0.25, -0.2) is 33.6 Å². The fourth-order valence-electron chi connectivity index (χ4n) is 4.36. The molecule has 0 spiro atoms. The Morgan fingerprint density at radius 2 is 0.825 bits per heavy atom. The second-order valence-corrected chi connectivity index (χ2v) is 10.5. The molecule has 0 aromatic heterocycles. The molecule has 57 heavy (non-hydrogen) atoms. The van der Waals surface area contributed by atoms with Gasteiger partial charge in [0.25, 0.3) is 0 Å². The molecule has 0 N–H and O–H groups in total. The Hall–Kier alpha value is -6.77. The summed E-state index contributed by atoms with van der Waals surface area (Å²) < 4.78 is 69.0. The van der Waals surface area contributed by atoms with Gasteiger partial charge in [-0.2, -0.15) is 0 Å². The average molecular weight is 805 g/mol. The van der Waals surface area contributed by atoms with Gasteiger partial charge in [-0.1, -0.05) is 39.5 Å². The van der Waals surface area contributed by atoms with Crippen molar-refractivity contribution in [3.63, 3.8) is 0 Å². The zero-order chi connectivity index (χ0) is 42.2. The van der Waals surface area contributed by atoms with E-state index in [1.54, 1.807) is 0 Å². The lowest BCUT2D eigenvalue weighted by Gasteiger charge is -2.40. The molecular formula is C37H40O20. The maximum atomic E-state index is 13.8. The number of hydrogen-bond donors (Lipinski definition) is 0. The summed E-state index contributed by atoms with van der Waals surface area (Å²) in [4.78, 5) is 83.9. The van der Waals surface area contributed by atoms with Crippen LogP contribution in [0.25, 0.3) is 0 Å². The lowest BCUT2D eigenvalue weighted by atomic mass is 9.89. The van der Waals surface area contributed by atoms with Crippen LogP contribution in [0, 0.1) is 0 Å². The van der Waals surface area contributed by atoms with E-state index >= 15 is 0 Å². The van der Waals surface area contributed by atoms with Gasteiger partial charge in [0.1, 0.15) is 12.2 Å². The SMILES string of the molecule is C=CC(=O)OCOc1cc(C(=O)OC2CC(OCOC(=O)C=C)C(OCOC(=O)C=C)C(OCOC(=O)C=C)C2)cc(OCOC(=O)C=C)c1OCOC(=O)C=C. The van der Waals surface area contributed by atoms with Gasteiger partial charge in [0.15, 0.2) is 31.9 Å². The van der Waals surface area contributed by atoms with Crippen molar-refractivity contribution in [3.8, 4) is 17.2 Å². The van der Waals surface area contributed by atoms with E-state index in [9.17, 15) is 33.6 Å². The number of rotatable bonds is 26. The van der Waals surface area contributed by atoms with Crippen LogP contribution >= 0.6 is 0 Å². The molecule has 0 radical (unpaired) electrons. The van der Waals surface area contributed by atoms with Crippen molar-refractivity contribution in [2.45, 2.75) is 37.3 Å². The summed E-state index contributed by atoms with van der Waals surface area (Å²) in [5.74, 6) is -7.03. The van der Waals surface area contributed by atoms with Crippen molar-refractivity contribution < 1.29 is 95.1 Å². The first-order valence-corrected chi connectivity index (χ1v) is 16.3. The Labute approximate surface area is 325 Å². The standard InChI is InChI=1S/C37H40O20/c1-7-29(38)49-17-45-25-13-23(14-26(46-18-50-30(39)8-2)35(25)55-21-53-33(42)11-5)37(44)57-24-15-27(47-19-51-31(40)9-3)36(56-22-54-34(43)12-6)28(16-24)48-20-52-32(41)10-4/h7-14,24,27-28,36H,1-6,15-22H2. The Bertz CT molecular complexity index is 1580. The second-order valence-electron chi connectivity index (χ2n) is 10.5. The van der Waals surface area contributed by atoms with Crippen LogP contribution < -0.4 is 14.2 Å². The molecule has 2 atom stereocenters. The summed E-state index contributed by atoms with van der Waals surface area (Å²) in [7, 11) is 0. The van der Waals surface area contributed by atoms with E-state index in [-0.39, 0.29) is 35.7 Å². The molecular weight excluding hydrogens is 764 g/mol. The molecule has 2 unspecified atom stereocenters. The molecule has 1 aromatic carbocycles. The summed E-state index contributed by atoms with van der Waals surface area (Å²) in [5, 5.41) is 0. The predicted molar refractivity (Wildman–Crippen MR) is 188 cm³/mol. The molecule has 1 aromatic rings. The van der Waals surface area contributed by atoms with Crippen LogP contribution in [0.15, 0.2) is 88.1 Å². The first-order chi connectivity index (χ1) is 27.4. The molecule has 308 valence electrons. The van der Waals surface area contributed by atoms with Crippen LogP contribution in [-0.4, -0.2) is 107 Å². The Morgan fingerprint density at radius 3 is 1.19 bits per heavy atom. The van der Waals surface area contributed by atoms with Gasteiger partial charge in [0.2, 0.25) is 26.1 Å². The Balaban J connectivity index is 2.52. The number of carbonyl (C=O) groups excluding carboxylic acids is 7. The van der Waals surface area contributed by atoms with E-state index < -0.39 is 107 Å². The number of esters is 7. The largest absolute Gasteiger partial charge is 0.459 e. The minimum absolute atomic E-state index is 0.138. The highest BCUT2D eigenvalue weighted by Gasteiger charge is 2.43. The van der Waals surface area contributed by atoms with Crippen molar-refractivity contribution in [2.75, 3.05) is 40.8 Å². The van der Waals surface area contributed by atoms with Gasteiger partial charge in [-0.05, 0) is 12.1 Å². The van der Waals surface area contributed by atoms with Crippen molar-refractivity contribution in [1.82, 2.24) is 0 Å². The van der Waals surface area contributed by atoms with Crippen LogP contribution in [0.5, 0.6) is 17.2 Å². The average Bonchev–Trinajstić information content (AvgIpc) is 3.21. The van der Waals surface area contributed by atoms with Crippen LogP contribution in [0.1, 0.15) is 23.2 Å². The van der Waals surface area contributed by atoms with Gasteiger partial charge < -0.3 is 61.6 Å². The van der Waals surface area contributed by atoms with Crippen LogP contribution in [-0.2, 0) is 76.1 Å². The topological polar surface area (TPSA) is 239 Å². The second kappa shape index (κ2) is 25.3. The first kappa shape index (κ1) is 46.4. The highest BCUT2D eigenvalue weighted by atomic mass is 16.7. The van der Waals surface area contributed by atoms with Gasteiger partial charge in [0, 0.05) is 49.3 Å². The van der Waals surface area contributed by atoms with Crippen molar-refractivity contribution in [1.29, 1.82) is 0 Å². The molecule has 2 rings (SSSR count). The molecule has 0 aliphatic heterocycles. The Morgan fingerprint density at radius 1 is 0.491 bits per heavy atom. The van der Waals surface area contributed by atoms with Gasteiger partial charge in [-0.3, -0.25) is 0 Å². The third kappa shape index (κ3) is 16.6. The van der Waals surface area contributed by atoms with Gasteiger partial charge in [-0.15, -0.1) is 0 Å². The molecule has 0 amide bonds. The molecule has 0 saturated heterocycles. The summed E-state index contributed by atoms with van der Waals surface area (Å²) in [6, 6.07) is 2.21. The molecule has 0 heterocycles. The lowest BCUT2D eigenvalue weighted by molar-refractivity contribution is -0.234. The molecule has 1 aliphatic carbocycles. The highest BCUT2D eigenvalue weighted by Crippen LogP contribution is 2.40. The summed E-state index contributed by atoms with van der Waals surface area (Å²) in [6.45, 7) is 15.7. The number of hydrogen-bond acceptors (Lipinski definition) is 20. The number of carbonyl (C=O) groups is 7. The molecule has 1 fully saturated rings. The maximum absolute atomic E-state index is 13.8. The highest BCUT2D eigenvalue weighted by molar-refractivity contribution is 5.91. The molecule has 20 nitrogen and oxygen atoms in total. The van der Waals surface area contributed by atoms with E-state index in [4.69, 9.17) is 61.6 Å². The normalized spacial score (nSPS) is 16.8. The van der Waals surface area contributed by atoms with E-state index in [0.717, 1.165) is 48.6 Å². The maximum Gasteiger partial charge on any atom is 0.338 e. The van der Waals surface area contributed by atoms with Gasteiger partial charge >= 0.3 is 41.8 Å². The molecule has 1 saturated carbocycles. The Kier molecular flexibility index (Phi) is 20.6. The zero-order valence-electron chi connectivity index (χ0n) is 30.5. The monoisotopic (exact) mass is 804 g/mol. The fourth-order valence-corrected chi connectivity index (χ4v) is 4.36. The van der Waals surface area contributed by atoms with Crippen LogP contribution in [0.4, 0.5) is 0 Å². The third-order valence-corrected chi connectivity index (χ3v) is 6.92. The van der Waals surface area contributed by atoms with Crippen LogP contribution in [0.2, 0.25) is 0 Å². The minimum atomic E-state index is -1.11. The quantitative estimate of drug-likeness (QED) is 0.0565. The predicted octanol–water partition coefficient (Wildman–Crippen LogP) is 2.42. The zero-order valence-corrected chi connectivity index (χ0v) is 30.5. The first-order valence-electron chi connectivity index (χ1n) is 16.3. The minimum Gasteiger partial charge on any atom is -0.459 e. The van der Waals surface area contributed by atoms with E-state index in [2.05, 4.69) is 39.5 Å². The van der Waals surface area contributed by atoms with Crippen molar-refractivity contribution >= 4 is 41.8 Å². The van der Waals surface area contributed by atoms with Crippen molar-refractivity contribution in [2.24, 2.45) is 0 Å². The third-order valence-electron chi connectivity index (χ3n) is 6.92. The summed E-state index contributed by atoms with van der Waals surface area (Å²) in [5.41, 5.74) is -0.273. The molecule has 1 aliphatic rings. The number of ether oxygens (including phenoxy) is 13. The van der Waals surface area contributed by atoms with Gasteiger partial charge in [0.05, 0.1) is 17.8 Å². The number of benzene rings is 1. The summed E-state index contributed by atoms with van der Waals surface area (Å²) >= 11 is 0. The van der Waals surface area contributed by atoms with Crippen LogP contribution in [0.3, 0.4) is 0 Å². The molecule has 20 heteroatoms. The van der Waals surface area contributed by atoms with E-state index in [1.807, 2.05) is 0 Å².